The molecule has 0 N–H and O–H groups in total. The number of aromatic nitrogens is 1. The normalized spacial score (nSPS) is 18.3. The van der Waals surface area contributed by atoms with Gasteiger partial charge in [-0.15, -0.1) is 0 Å². The van der Waals surface area contributed by atoms with Crippen molar-refractivity contribution in [3.05, 3.63) is 89.2 Å². The SMILES string of the molecule is FCCCN1CCC(Oc2ccc(C3=C(c4ccncc4)CCCc4cc(OF)ccc43)cc2)C1. The molecule has 2 heterocycles. The smallest absolute Gasteiger partial charge is 0.172 e. The number of benzene rings is 2. The second kappa shape index (κ2) is 11.0. The molecular weight excluding hydrogens is 446 g/mol. The molecule has 1 saturated heterocycles. The van der Waals surface area contributed by atoms with Gasteiger partial charge in [0.05, 0.1) is 6.67 Å². The summed E-state index contributed by atoms with van der Waals surface area (Å²) in [5.74, 6) is 1.07. The minimum atomic E-state index is -0.272. The molecule has 0 spiro atoms. The van der Waals surface area contributed by atoms with Crippen molar-refractivity contribution in [1.29, 1.82) is 0 Å². The van der Waals surface area contributed by atoms with Crippen molar-refractivity contribution in [2.24, 2.45) is 0 Å². The summed E-state index contributed by atoms with van der Waals surface area (Å²) in [6.45, 7) is 2.31. The highest BCUT2D eigenvalue weighted by Crippen LogP contribution is 2.41. The van der Waals surface area contributed by atoms with Crippen molar-refractivity contribution in [2.45, 2.75) is 38.2 Å². The fourth-order valence-electron chi connectivity index (χ4n) is 5.26. The number of likely N-dealkylation sites (tertiary alicyclic amines) is 1. The van der Waals surface area contributed by atoms with E-state index in [1.807, 2.05) is 42.7 Å². The van der Waals surface area contributed by atoms with Gasteiger partial charge in [-0.2, -0.15) is 0 Å². The van der Waals surface area contributed by atoms with Crippen LogP contribution in [0.4, 0.5) is 8.92 Å². The topological polar surface area (TPSA) is 34.6 Å². The molecular formula is C29H30F2N2O2. The Morgan fingerprint density at radius 3 is 2.51 bits per heavy atom. The van der Waals surface area contributed by atoms with Crippen LogP contribution >= 0.6 is 0 Å². The van der Waals surface area contributed by atoms with Crippen LogP contribution in [0.25, 0.3) is 11.1 Å². The Morgan fingerprint density at radius 1 is 0.943 bits per heavy atom. The van der Waals surface area contributed by atoms with Gasteiger partial charge in [-0.25, -0.2) is 0 Å². The first kappa shape index (κ1) is 23.5. The van der Waals surface area contributed by atoms with Gasteiger partial charge in [0.15, 0.2) is 5.75 Å². The number of allylic oxidation sites excluding steroid dienone is 1. The second-order valence-electron chi connectivity index (χ2n) is 9.24. The van der Waals surface area contributed by atoms with Gasteiger partial charge in [0.1, 0.15) is 11.9 Å². The maximum absolute atomic E-state index is 12.9. The lowest BCUT2D eigenvalue weighted by Gasteiger charge is -2.18. The molecule has 0 amide bonds. The van der Waals surface area contributed by atoms with Gasteiger partial charge in [0.25, 0.3) is 0 Å². The number of alkyl halides is 1. The van der Waals surface area contributed by atoms with Crippen LogP contribution in [0.3, 0.4) is 0 Å². The Balaban J connectivity index is 1.45. The van der Waals surface area contributed by atoms with Crippen molar-refractivity contribution >= 4 is 11.1 Å². The van der Waals surface area contributed by atoms with E-state index >= 15 is 0 Å². The van der Waals surface area contributed by atoms with Crippen molar-refractivity contribution in [3.63, 3.8) is 0 Å². The van der Waals surface area contributed by atoms with Crippen LogP contribution in [-0.4, -0.2) is 42.3 Å². The number of fused-ring (bicyclic) bond motifs is 1. The largest absolute Gasteiger partial charge is 0.489 e. The number of rotatable bonds is 8. The molecule has 3 aromatic rings. The van der Waals surface area contributed by atoms with Gasteiger partial charge in [-0.05, 0) is 102 Å². The summed E-state index contributed by atoms with van der Waals surface area (Å²) >= 11 is 0. The molecule has 182 valence electrons. The van der Waals surface area contributed by atoms with Crippen LogP contribution in [-0.2, 0) is 6.42 Å². The van der Waals surface area contributed by atoms with E-state index in [0.717, 1.165) is 78.9 Å². The van der Waals surface area contributed by atoms with Crippen LogP contribution in [0.5, 0.6) is 11.5 Å². The van der Waals surface area contributed by atoms with Crippen LogP contribution in [0.1, 0.15) is 47.9 Å². The average molecular weight is 477 g/mol. The Labute approximate surface area is 205 Å². The summed E-state index contributed by atoms with van der Waals surface area (Å²) in [6, 6.07) is 17.8. The van der Waals surface area contributed by atoms with Gasteiger partial charge in [0, 0.05) is 36.6 Å². The molecule has 2 aromatic carbocycles. The summed E-state index contributed by atoms with van der Waals surface area (Å²) in [7, 11) is 0. The zero-order valence-corrected chi connectivity index (χ0v) is 19.8. The molecule has 5 rings (SSSR count). The highest BCUT2D eigenvalue weighted by Gasteiger charge is 2.24. The lowest BCUT2D eigenvalue weighted by Crippen LogP contribution is -2.26. The van der Waals surface area contributed by atoms with Crippen molar-refractivity contribution in [3.8, 4) is 11.5 Å². The van der Waals surface area contributed by atoms with Crippen LogP contribution in [0.15, 0.2) is 67.0 Å². The van der Waals surface area contributed by atoms with E-state index in [4.69, 9.17) is 4.74 Å². The van der Waals surface area contributed by atoms with Crippen LogP contribution in [0.2, 0.25) is 0 Å². The van der Waals surface area contributed by atoms with Crippen molar-refractivity contribution < 1.29 is 18.6 Å². The Hall–Kier alpha value is -3.25. The number of pyridine rings is 1. The highest BCUT2D eigenvalue weighted by molar-refractivity contribution is 5.99. The lowest BCUT2D eigenvalue weighted by atomic mass is 9.88. The molecule has 0 radical (unpaired) electrons. The Bertz CT molecular complexity index is 1170. The monoisotopic (exact) mass is 476 g/mol. The van der Waals surface area contributed by atoms with Crippen LogP contribution in [0, 0.1) is 0 Å². The molecule has 1 aromatic heterocycles. The van der Waals surface area contributed by atoms with Crippen molar-refractivity contribution in [2.75, 3.05) is 26.3 Å². The third kappa shape index (κ3) is 5.38. The standard InChI is InChI=1S/C29H30F2N2O2/c30-14-2-17-33-18-13-26(20-33)34-24-7-5-22(6-8-24)29-27(21-11-15-32-16-12-21)4-1-3-23-19-25(35-31)9-10-28(23)29/h5-12,15-16,19,26H,1-4,13-14,17-18,20H2. The van der Waals surface area contributed by atoms with Crippen LogP contribution < -0.4 is 9.68 Å². The van der Waals surface area contributed by atoms with Gasteiger partial charge >= 0.3 is 0 Å². The summed E-state index contributed by atoms with van der Waals surface area (Å²) in [4.78, 5) is 10.5. The minimum Gasteiger partial charge on any atom is -0.489 e. The maximum Gasteiger partial charge on any atom is 0.172 e. The number of ether oxygens (including phenoxy) is 1. The molecule has 0 saturated carbocycles. The first-order valence-electron chi connectivity index (χ1n) is 12.4. The molecule has 1 aliphatic carbocycles. The van der Waals surface area contributed by atoms with Gasteiger partial charge in [-0.3, -0.25) is 19.2 Å². The fourth-order valence-corrected chi connectivity index (χ4v) is 5.26. The van der Waals surface area contributed by atoms with Gasteiger partial charge in [-0.1, -0.05) is 18.2 Å². The fraction of sp³-hybridized carbons (Fsp3) is 0.345. The maximum atomic E-state index is 12.9. The molecule has 1 aliphatic heterocycles. The molecule has 6 heteroatoms. The summed E-state index contributed by atoms with van der Waals surface area (Å²) in [6.07, 6.45) is 8.04. The molecule has 0 bridgehead atoms. The van der Waals surface area contributed by atoms with E-state index in [0.29, 0.717) is 6.42 Å². The van der Waals surface area contributed by atoms with E-state index < -0.39 is 0 Å². The van der Waals surface area contributed by atoms with E-state index in [2.05, 4.69) is 27.0 Å². The molecule has 1 atom stereocenters. The number of aryl methyl sites for hydroxylation is 1. The Morgan fingerprint density at radius 2 is 1.74 bits per heavy atom. The number of halogens is 2. The van der Waals surface area contributed by atoms with E-state index in [-0.39, 0.29) is 18.5 Å². The number of nitrogens with zero attached hydrogens (tertiary/aromatic N) is 2. The van der Waals surface area contributed by atoms with Gasteiger partial charge < -0.3 is 4.74 Å². The predicted molar refractivity (Wildman–Crippen MR) is 134 cm³/mol. The highest BCUT2D eigenvalue weighted by atomic mass is 19.3. The Kier molecular flexibility index (Phi) is 7.38. The first-order chi connectivity index (χ1) is 17.2. The zero-order valence-electron chi connectivity index (χ0n) is 19.8. The summed E-state index contributed by atoms with van der Waals surface area (Å²) in [5, 5.41) is 0. The first-order valence-corrected chi connectivity index (χ1v) is 12.4. The molecule has 4 nitrogen and oxygen atoms in total. The summed E-state index contributed by atoms with van der Waals surface area (Å²) < 4.78 is 31.6. The molecule has 35 heavy (non-hydrogen) atoms. The van der Waals surface area contributed by atoms with E-state index in [1.54, 1.807) is 12.1 Å². The molecule has 1 unspecified atom stereocenters. The lowest BCUT2D eigenvalue weighted by molar-refractivity contribution is -0.00629. The number of hydrogen-bond donors (Lipinski definition) is 0. The second-order valence-corrected chi connectivity index (χ2v) is 9.24. The van der Waals surface area contributed by atoms with Gasteiger partial charge in [0.2, 0.25) is 0 Å². The minimum absolute atomic E-state index is 0.129. The third-order valence-corrected chi connectivity index (χ3v) is 6.92. The summed E-state index contributed by atoms with van der Waals surface area (Å²) in [5.41, 5.74) is 6.83. The number of hydrogen-bond acceptors (Lipinski definition) is 4. The zero-order chi connectivity index (χ0) is 24.0. The average Bonchev–Trinajstić information content (AvgIpc) is 3.26. The van der Waals surface area contributed by atoms with E-state index in [1.165, 1.54) is 5.57 Å². The molecule has 2 aliphatic rings. The predicted octanol–water partition coefficient (Wildman–Crippen LogP) is 6.45. The van der Waals surface area contributed by atoms with E-state index in [9.17, 15) is 8.92 Å². The molecule has 1 fully saturated rings. The quantitative estimate of drug-likeness (QED) is 0.374. The van der Waals surface area contributed by atoms with Crippen molar-refractivity contribution in [1.82, 2.24) is 9.88 Å². The third-order valence-electron chi connectivity index (χ3n) is 6.92.